The van der Waals surface area contributed by atoms with E-state index in [0.29, 0.717) is 19.3 Å². The maximum Gasteiger partial charge on any atom is 0.315 e. The van der Waals surface area contributed by atoms with Crippen LogP contribution in [0.3, 0.4) is 0 Å². The predicted octanol–water partition coefficient (Wildman–Crippen LogP) is -1.89. The van der Waals surface area contributed by atoms with Gasteiger partial charge in [-0.2, -0.15) is 0 Å². The fraction of sp³-hybridized carbons (Fsp3) is 0.912. The van der Waals surface area contributed by atoms with Gasteiger partial charge >= 0.3 is 5.97 Å². The molecule has 0 aromatic heterocycles. The minimum Gasteiger partial charge on any atom is -0.481 e. The maximum absolute atomic E-state index is 13.0. The summed E-state index contributed by atoms with van der Waals surface area (Å²) in [6.07, 6.45) is -10.7. The molecule has 0 spiro atoms. The van der Waals surface area contributed by atoms with E-state index in [1.807, 2.05) is 13.0 Å². The van der Waals surface area contributed by atoms with Crippen LogP contribution in [-0.2, 0) is 14.3 Å². The molecule has 0 aromatic rings. The van der Waals surface area contributed by atoms with E-state index in [4.69, 9.17) is 9.47 Å². The molecule has 0 amide bonds. The summed E-state index contributed by atoms with van der Waals surface area (Å²) >= 11 is 0. The third-order valence-corrected chi connectivity index (χ3v) is 14.2. The highest BCUT2D eigenvalue weighted by Gasteiger charge is 2.72. The van der Waals surface area contributed by atoms with E-state index in [0.717, 1.165) is 5.57 Å². The maximum atomic E-state index is 13.0. The quantitative estimate of drug-likeness (QED) is 0.108. The van der Waals surface area contributed by atoms with Crippen LogP contribution in [-0.4, -0.2) is 143 Å². The molecule has 1 saturated heterocycles. The van der Waals surface area contributed by atoms with Crippen LogP contribution in [0.25, 0.3) is 0 Å². The number of carboxylic acids is 1. The molecule has 5 aliphatic carbocycles. The van der Waals surface area contributed by atoms with Crippen LogP contribution < -0.4 is 0 Å². The number of carbonyl (C=O) groups is 1. The smallest absolute Gasteiger partial charge is 0.315 e. The molecule has 14 heteroatoms. The van der Waals surface area contributed by atoms with Crippen molar-refractivity contribution in [2.24, 2.45) is 51.2 Å². The zero-order valence-corrected chi connectivity index (χ0v) is 27.7. The predicted molar refractivity (Wildman–Crippen MR) is 164 cm³/mol. The molecule has 0 aromatic carbocycles. The fourth-order valence-electron chi connectivity index (χ4n) is 11.6. The van der Waals surface area contributed by atoms with E-state index >= 15 is 0 Å². The van der Waals surface area contributed by atoms with Gasteiger partial charge < -0.3 is 65.6 Å². The molecule has 6 rings (SSSR count). The van der Waals surface area contributed by atoms with Crippen molar-refractivity contribution in [3.63, 3.8) is 0 Å². The first-order chi connectivity index (χ1) is 22.5. The van der Waals surface area contributed by atoms with Gasteiger partial charge in [-0.3, -0.25) is 4.79 Å². The summed E-state index contributed by atoms with van der Waals surface area (Å²) in [5, 5.41) is 119. The van der Waals surface area contributed by atoms with E-state index in [1.165, 1.54) is 0 Å². The van der Waals surface area contributed by atoms with Gasteiger partial charge in [0.15, 0.2) is 6.29 Å². The molecule has 14 nitrogen and oxygen atoms in total. The van der Waals surface area contributed by atoms with Crippen LogP contribution in [0.2, 0.25) is 0 Å². The van der Waals surface area contributed by atoms with Gasteiger partial charge in [0.1, 0.15) is 29.8 Å². The molecule has 48 heavy (non-hydrogen) atoms. The van der Waals surface area contributed by atoms with Gasteiger partial charge in [-0.05, 0) is 73.0 Å². The number of ether oxygens (including phenoxy) is 2. The van der Waals surface area contributed by atoms with Crippen molar-refractivity contribution in [3.05, 3.63) is 11.6 Å². The summed E-state index contributed by atoms with van der Waals surface area (Å²) in [4.78, 5) is 13.0. The van der Waals surface area contributed by atoms with Gasteiger partial charge in [-0.25, -0.2) is 0 Å². The molecule has 7 unspecified atom stereocenters. The second kappa shape index (κ2) is 12.4. The van der Waals surface area contributed by atoms with E-state index in [2.05, 4.69) is 0 Å². The average molecular weight is 687 g/mol. The average Bonchev–Trinajstić information content (AvgIpc) is 3.03. The summed E-state index contributed by atoms with van der Waals surface area (Å²) in [7, 11) is 0. The van der Waals surface area contributed by atoms with Crippen molar-refractivity contribution >= 4 is 5.97 Å². The molecule has 4 saturated carbocycles. The van der Waals surface area contributed by atoms with Crippen LogP contribution in [0.5, 0.6) is 0 Å². The van der Waals surface area contributed by atoms with E-state index in [1.54, 1.807) is 13.8 Å². The number of hydrogen-bond donors (Lipinski definition) is 11. The van der Waals surface area contributed by atoms with Gasteiger partial charge in [0, 0.05) is 11.3 Å². The normalized spacial score (nSPS) is 52.6. The van der Waals surface area contributed by atoms with Gasteiger partial charge in [-0.1, -0.05) is 32.4 Å². The summed E-state index contributed by atoms with van der Waals surface area (Å²) in [5.41, 5.74) is -3.98. The van der Waals surface area contributed by atoms with Crippen molar-refractivity contribution in [1.29, 1.82) is 0 Å². The molecular formula is C34H54O14. The van der Waals surface area contributed by atoms with Gasteiger partial charge in [-0.15, -0.1) is 0 Å². The Bertz CT molecular complexity index is 1250. The van der Waals surface area contributed by atoms with E-state index in [-0.39, 0.29) is 42.9 Å². The Hall–Kier alpha value is -1.27. The molecule has 5 fully saturated rings. The Morgan fingerprint density at radius 3 is 2.12 bits per heavy atom. The summed E-state index contributed by atoms with van der Waals surface area (Å²) in [6, 6.07) is 0. The van der Waals surface area contributed by atoms with Gasteiger partial charge in [0.2, 0.25) is 0 Å². The highest BCUT2D eigenvalue weighted by atomic mass is 16.7. The first-order valence-electron chi connectivity index (χ1n) is 17.3. The number of aliphatic hydroxyl groups is 10. The number of carboxylic acid groups (broad SMARTS) is 1. The van der Waals surface area contributed by atoms with E-state index < -0.39 is 115 Å². The SMILES string of the molecule is CC1(C)CC2C3=CCC4C5C[C@H](O)[C@H](O[C@@H]6OC(CO)[C@@H](O)C(O)[C@@H]6O)C(CO)(CO)C5CCC4[C@]3(C)C[C@@H](O)[C@@]2(C(=O)O)[C@@H](O)[C@@H]1O. The second-order valence-electron chi connectivity index (χ2n) is 16.6. The molecule has 17 atom stereocenters. The summed E-state index contributed by atoms with van der Waals surface area (Å²) in [5.74, 6) is -2.78. The zero-order chi connectivity index (χ0) is 35.3. The van der Waals surface area contributed by atoms with Gasteiger partial charge in [0.25, 0.3) is 0 Å². The lowest BCUT2D eigenvalue weighted by Crippen LogP contribution is -2.71. The van der Waals surface area contributed by atoms with Crippen molar-refractivity contribution < 1.29 is 70.4 Å². The number of fused-ring (bicyclic) bond motifs is 7. The zero-order valence-electron chi connectivity index (χ0n) is 27.7. The molecule has 1 heterocycles. The minimum atomic E-state index is -1.97. The monoisotopic (exact) mass is 686 g/mol. The summed E-state index contributed by atoms with van der Waals surface area (Å²) < 4.78 is 11.6. The van der Waals surface area contributed by atoms with Crippen LogP contribution in [0.15, 0.2) is 11.6 Å². The molecule has 0 radical (unpaired) electrons. The van der Waals surface area contributed by atoms with Gasteiger partial charge in [0.05, 0.1) is 50.3 Å². The van der Waals surface area contributed by atoms with Crippen molar-refractivity contribution in [2.75, 3.05) is 19.8 Å². The molecule has 1 aliphatic heterocycles. The third kappa shape index (κ3) is 4.86. The minimum absolute atomic E-state index is 0.0565. The highest BCUT2D eigenvalue weighted by molar-refractivity contribution is 5.79. The summed E-state index contributed by atoms with van der Waals surface area (Å²) in [6.45, 7) is 3.79. The van der Waals surface area contributed by atoms with Crippen LogP contribution in [0, 0.1) is 51.2 Å². The number of rotatable bonds is 6. The van der Waals surface area contributed by atoms with Crippen molar-refractivity contribution in [2.45, 2.75) is 121 Å². The van der Waals surface area contributed by atoms with E-state index in [9.17, 15) is 61.0 Å². The molecule has 274 valence electrons. The lowest BCUT2D eigenvalue weighted by molar-refractivity contribution is -0.342. The second-order valence-corrected chi connectivity index (χ2v) is 16.6. The Kier molecular flexibility index (Phi) is 9.47. The molecular weight excluding hydrogens is 632 g/mol. The number of aliphatic carboxylic acids is 1. The molecule has 11 N–H and O–H groups in total. The lowest BCUT2D eigenvalue weighted by atomic mass is 9.39. The Labute approximate surface area is 279 Å². The number of allylic oxidation sites excluding steroid dienone is 2. The van der Waals surface area contributed by atoms with Crippen LogP contribution in [0.1, 0.15) is 59.3 Å². The Morgan fingerprint density at radius 1 is 0.875 bits per heavy atom. The largest absolute Gasteiger partial charge is 0.481 e. The lowest BCUT2D eigenvalue weighted by Gasteiger charge is -2.66. The van der Waals surface area contributed by atoms with Crippen molar-refractivity contribution in [3.8, 4) is 0 Å². The number of hydrogen-bond acceptors (Lipinski definition) is 13. The Morgan fingerprint density at radius 2 is 1.52 bits per heavy atom. The highest BCUT2D eigenvalue weighted by Crippen LogP contribution is 2.69. The number of aliphatic hydroxyl groups excluding tert-OH is 10. The van der Waals surface area contributed by atoms with Crippen LogP contribution >= 0.6 is 0 Å². The molecule has 6 aliphatic rings. The fourth-order valence-corrected chi connectivity index (χ4v) is 11.6. The Balaban J connectivity index is 1.33. The first-order valence-corrected chi connectivity index (χ1v) is 17.3. The molecule has 0 bridgehead atoms. The first kappa shape index (κ1) is 36.5. The topological polar surface area (TPSA) is 258 Å². The third-order valence-electron chi connectivity index (χ3n) is 14.2. The van der Waals surface area contributed by atoms with Crippen molar-refractivity contribution in [1.82, 2.24) is 0 Å². The van der Waals surface area contributed by atoms with Crippen LogP contribution in [0.4, 0.5) is 0 Å². The standard InChI is InChI=1S/C34H54O14/c1-31(2)9-19-18-5-4-14-15-8-20(38)28(48-29-25(42)24(41)23(40)21(11-35)47-29)33(12-36,13-37)17(15)7-6-16(14)32(18,3)10-22(39)34(19,30(45)46)27(44)26(31)43/h5,14-17,19-29,35-44H,4,6-13H2,1-3H3,(H,45,46)/t14?,15?,16?,17?,19?,20-,21?,22+,23+,24?,25-,26-,27-,28-,29-,32-,34+/m0/s1.